The number of hydrogen-bond donors (Lipinski definition) is 3. The van der Waals surface area contributed by atoms with Crippen molar-refractivity contribution in [3.8, 4) is 11.3 Å². The fourth-order valence-corrected chi connectivity index (χ4v) is 4.90. The Hall–Kier alpha value is -2.55. The predicted octanol–water partition coefficient (Wildman–Crippen LogP) is 2.79. The first-order chi connectivity index (χ1) is 14.5. The molecule has 0 aliphatic carbocycles. The third-order valence-corrected chi connectivity index (χ3v) is 6.89. The van der Waals surface area contributed by atoms with Crippen LogP contribution in [0.2, 0.25) is 0 Å². The van der Waals surface area contributed by atoms with Gasteiger partial charge >= 0.3 is 0 Å². The number of nitrogens with two attached hydrogens (primary N) is 1. The van der Waals surface area contributed by atoms with Gasteiger partial charge in [-0.15, -0.1) is 0 Å². The number of benzene rings is 1. The summed E-state index contributed by atoms with van der Waals surface area (Å²) in [6.07, 6.45) is 3.83. The van der Waals surface area contributed by atoms with Crippen molar-refractivity contribution in [3.05, 3.63) is 35.8 Å². The Morgan fingerprint density at radius 1 is 1.29 bits per heavy atom. The van der Waals surface area contributed by atoms with Crippen LogP contribution in [-0.2, 0) is 11.3 Å². The van der Waals surface area contributed by atoms with Gasteiger partial charge in [-0.1, -0.05) is 13.5 Å². The Bertz CT molecular complexity index is 1070. The number of aliphatic hydroxyl groups excluding tert-OH is 1. The summed E-state index contributed by atoms with van der Waals surface area (Å²) in [6.45, 7) is 6.29. The summed E-state index contributed by atoms with van der Waals surface area (Å²) >= 11 is 0. The van der Waals surface area contributed by atoms with Gasteiger partial charge in [0.15, 0.2) is 5.82 Å². The summed E-state index contributed by atoms with van der Waals surface area (Å²) in [7, 11) is 0. The summed E-state index contributed by atoms with van der Waals surface area (Å²) in [5.41, 5.74) is 10.7. The van der Waals surface area contributed by atoms with Crippen LogP contribution < -0.4 is 10.6 Å². The van der Waals surface area contributed by atoms with E-state index in [1.165, 1.54) is 0 Å². The molecule has 3 aromatic rings. The maximum absolute atomic E-state index is 10.0. The monoisotopic (exact) mass is 424 g/mol. The van der Waals surface area contributed by atoms with Gasteiger partial charge < -0.3 is 20.5 Å². The Morgan fingerprint density at radius 3 is 2.74 bits per heavy atom. The highest BCUT2D eigenvalue weighted by Gasteiger charge is 2.47. The van der Waals surface area contributed by atoms with Gasteiger partial charge in [0.2, 0.25) is 0 Å². The zero-order chi connectivity index (χ0) is 20.9. The van der Waals surface area contributed by atoms with Crippen molar-refractivity contribution in [2.24, 2.45) is 11.1 Å². The van der Waals surface area contributed by atoms with Crippen molar-refractivity contribution in [2.75, 3.05) is 24.6 Å². The topological polar surface area (TPSA) is 113 Å². The van der Waals surface area contributed by atoms with E-state index in [2.05, 4.69) is 22.0 Å². The van der Waals surface area contributed by atoms with Gasteiger partial charge in [-0.25, -0.2) is 9.97 Å². The molecule has 8 nitrogen and oxygen atoms in total. The fourth-order valence-electron chi connectivity index (χ4n) is 4.90. The Labute approximate surface area is 182 Å². The summed E-state index contributed by atoms with van der Waals surface area (Å²) in [6, 6.07) is 6.11. The third kappa shape index (κ3) is 3.58. The van der Waals surface area contributed by atoms with Crippen LogP contribution in [-0.4, -0.2) is 57.1 Å². The smallest absolute Gasteiger partial charge is 0.153 e. The molecule has 31 heavy (non-hydrogen) atoms. The number of fused-ring (bicyclic) bond motifs is 1. The number of aromatic amines is 1. The van der Waals surface area contributed by atoms with Gasteiger partial charge in [-0.05, 0) is 38.8 Å². The first-order valence-corrected chi connectivity index (χ1v) is 10.5. The van der Waals surface area contributed by atoms with Crippen LogP contribution in [0.1, 0.15) is 38.6 Å². The maximum Gasteiger partial charge on any atom is 0.153 e. The number of piperidine rings is 1. The average molecular weight is 425 g/mol. The molecule has 0 unspecified atom stereocenters. The highest BCUT2D eigenvalue weighted by Crippen LogP contribution is 2.42. The van der Waals surface area contributed by atoms with Gasteiger partial charge in [0.05, 0.1) is 42.4 Å². The number of anilines is 1. The van der Waals surface area contributed by atoms with Crippen LogP contribution in [0.3, 0.4) is 0 Å². The van der Waals surface area contributed by atoms with E-state index in [1.54, 1.807) is 6.20 Å². The summed E-state index contributed by atoms with van der Waals surface area (Å²) < 4.78 is 5.83. The number of rotatable bonds is 3. The van der Waals surface area contributed by atoms with E-state index in [4.69, 9.17) is 20.4 Å². The van der Waals surface area contributed by atoms with Crippen LogP contribution in [0.5, 0.6) is 0 Å². The van der Waals surface area contributed by atoms with E-state index in [-0.39, 0.29) is 31.6 Å². The highest BCUT2D eigenvalue weighted by molar-refractivity contribution is 5.83. The molecule has 0 bridgehead atoms. The largest absolute Gasteiger partial charge is 0.390 e. The summed E-state index contributed by atoms with van der Waals surface area (Å²) in [4.78, 5) is 11.9. The molecule has 8 heteroatoms. The molecule has 0 radical (unpaired) electrons. The number of aryl methyl sites for hydroxylation is 1. The predicted molar refractivity (Wildman–Crippen MR) is 122 cm³/mol. The van der Waals surface area contributed by atoms with E-state index >= 15 is 0 Å². The number of nitrogens with one attached hydrogen (secondary N) is 1. The lowest BCUT2D eigenvalue weighted by molar-refractivity contribution is 0.0973. The number of nitrogens with zero attached hydrogens (tertiary/aromatic N) is 4. The lowest BCUT2D eigenvalue weighted by Gasteiger charge is -2.42. The van der Waals surface area contributed by atoms with E-state index in [0.29, 0.717) is 5.69 Å². The van der Waals surface area contributed by atoms with Gasteiger partial charge in [0.1, 0.15) is 5.69 Å². The summed E-state index contributed by atoms with van der Waals surface area (Å²) in [5.74, 6) is 0.776. The van der Waals surface area contributed by atoms with Gasteiger partial charge in [0.25, 0.3) is 0 Å². The lowest BCUT2D eigenvalue weighted by Crippen LogP contribution is -2.51. The van der Waals surface area contributed by atoms with Crippen LogP contribution in [0, 0.1) is 12.3 Å². The molecular formula is C23H32N6O2. The Balaban J connectivity index is 0.00000231. The molecule has 2 aromatic heterocycles. The number of H-pyrrole nitrogens is 1. The molecule has 2 aliphatic heterocycles. The highest BCUT2D eigenvalue weighted by atomic mass is 16.5. The molecule has 0 saturated carbocycles. The minimum atomic E-state index is -0.148. The molecule has 2 atom stereocenters. The van der Waals surface area contributed by atoms with Gasteiger partial charge in [-0.2, -0.15) is 5.10 Å². The van der Waals surface area contributed by atoms with Crippen molar-refractivity contribution in [1.82, 2.24) is 20.2 Å². The molecule has 4 N–H and O–H groups in total. The van der Waals surface area contributed by atoms with Crippen molar-refractivity contribution in [3.63, 3.8) is 0 Å². The molecule has 4 heterocycles. The first-order valence-electron chi connectivity index (χ1n) is 10.5. The van der Waals surface area contributed by atoms with Crippen molar-refractivity contribution < 1.29 is 9.84 Å². The second kappa shape index (κ2) is 8.18. The SMILES string of the molecule is C.Cc1nc(N2CCC3(CC2)CO[C@@H](C)[C@H]3N)c(CO)nc1-c1ccc2[nH]ncc2c1. The average Bonchev–Trinajstić information content (AvgIpc) is 3.34. The molecule has 1 aromatic carbocycles. The molecular weight excluding hydrogens is 392 g/mol. The lowest BCUT2D eigenvalue weighted by atomic mass is 9.73. The minimum absolute atomic E-state index is 0. The summed E-state index contributed by atoms with van der Waals surface area (Å²) in [5, 5.41) is 18.1. The first kappa shape index (κ1) is 21.7. The molecule has 1 spiro atoms. The molecule has 2 aliphatic rings. The Kier molecular flexibility index (Phi) is 5.72. The van der Waals surface area contributed by atoms with E-state index in [1.807, 2.05) is 25.1 Å². The molecule has 166 valence electrons. The fraction of sp³-hybridized carbons (Fsp3) is 0.522. The number of aliphatic hydroxyl groups is 1. The van der Waals surface area contributed by atoms with E-state index in [9.17, 15) is 5.11 Å². The van der Waals surface area contributed by atoms with E-state index < -0.39 is 0 Å². The molecule has 5 rings (SSSR count). The number of ether oxygens (including phenoxy) is 1. The third-order valence-electron chi connectivity index (χ3n) is 6.89. The van der Waals surface area contributed by atoms with Crippen LogP contribution >= 0.6 is 0 Å². The van der Waals surface area contributed by atoms with Crippen molar-refractivity contribution in [2.45, 2.75) is 52.9 Å². The molecule has 2 saturated heterocycles. The number of aromatic nitrogens is 4. The standard InChI is InChI=1S/C22H28N6O2.CH4/c1-13-19(15-3-4-17-16(9-15)10-24-27-17)26-18(11-29)21(25-13)28-7-5-22(6-8-28)12-30-14(2)20(22)23;/h3-4,9-10,14,20,29H,5-8,11-12,23H2,1-2H3,(H,24,27);1H4/t14-,20+;/m0./s1. The molecule has 2 fully saturated rings. The normalized spacial score (nSPS) is 22.8. The minimum Gasteiger partial charge on any atom is -0.390 e. The van der Waals surface area contributed by atoms with Gasteiger partial charge in [-0.3, -0.25) is 5.10 Å². The molecule has 0 amide bonds. The van der Waals surface area contributed by atoms with E-state index in [0.717, 1.165) is 66.2 Å². The maximum atomic E-state index is 10.0. The van der Waals surface area contributed by atoms with Crippen molar-refractivity contribution >= 4 is 16.7 Å². The quantitative estimate of drug-likeness (QED) is 0.592. The van der Waals surface area contributed by atoms with Crippen LogP contribution in [0.4, 0.5) is 5.82 Å². The Morgan fingerprint density at radius 2 is 2.06 bits per heavy atom. The number of hydrogen-bond acceptors (Lipinski definition) is 7. The zero-order valence-electron chi connectivity index (χ0n) is 17.4. The second-order valence-corrected chi connectivity index (χ2v) is 8.65. The zero-order valence-corrected chi connectivity index (χ0v) is 17.4. The van der Waals surface area contributed by atoms with Crippen LogP contribution in [0.25, 0.3) is 22.2 Å². The second-order valence-electron chi connectivity index (χ2n) is 8.65. The van der Waals surface area contributed by atoms with Crippen molar-refractivity contribution in [1.29, 1.82) is 0 Å². The van der Waals surface area contributed by atoms with Crippen LogP contribution in [0.15, 0.2) is 24.4 Å². The van der Waals surface area contributed by atoms with Gasteiger partial charge in [0, 0.05) is 35.5 Å².